The highest BCUT2D eigenvalue weighted by molar-refractivity contribution is 7.98. The highest BCUT2D eigenvalue weighted by Crippen LogP contribution is 2.26. The summed E-state index contributed by atoms with van der Waals surface area (Å²) >= 11 is 1.38. The van der Waals surface area contributed by atoms with E-state index < -0.39 is 5.97 Å². The zero-order valence-electron chi connectivity index (χ0n) is 15.4. The molecule has 3 heterocycles. The van der Waals surface area contributed by atoms with Crippen molar-refractivity contribution in [3.63, 3.8) is 0 Å². The van der Waals surface area contributed by atoms with Crippen LogP contribution in [0.25, 0.3) is 16.7 Å². The number of esters is 1. The highest BCUT2D eigenvalue weighted by Gasteiger charge is 2.19. The van der Waals surface area contributed by atoms with Gasteiger partial charge in [-0.05, 0) is 24.6 Å². The van der Waals surface area contributed by atoms with Crippen molar-refractivity contribution in [3.05, 3.63) is 58.3 Å². The first-order chi connectivity index (χ1) is 13.7. The summed E-state index contributed by atoms with van der Waals surface area (Å²) in [7, 11) is 1.33. The van der Waals surface area contributed by atoms with Gasteiger partial charge in [0.15, 0.2) is 5.16 Å². The second-order valence-electron chi connectivity index (χ2n) is 6.13. The molecule has 9 heteroatoms. The van der Waals surface area contributed by atoms with Gasteiger partial charge in [-0.25, -0.2) is 4.79 Å². The van der Waals surface area contributed by atoms with Gasteiger partial charge in [-0.2, -0.15) is 0 Å². The van der Waals surface area contributed by atoms with Crippen LogP contribution < -0.4 is 5.56 Å². The summed E-state index contributed by atoms with van der Waals surface area (Å²) < 4.78 is 13.7. The third-order valence-electron chi connectivity index (χ3n) is 4.41. The molecule has 0 spiro atoms. The highest BCUT2D eigenvalue weighted by atomic mass is 32.2. The molecule has 0 unspecified atom stereocenters. The fourth-order valence-corrected chi connectivity index (χ4v) is 4.02. The number of hydrogen-bond donors (Lipinski definition) is 0. The molecule has 0 aliphatic carbocycles. The molecular formula is C19H18N4O4S. The van der Waals surface area contributed by atoms with E-state index in [9.17, 15) is 9.59 Å². The van der Waals surface area contributed by atoms with Crippen LogP contribution in [-0.2, 0) is 17.0 Å². The zero-order valence-corrected chi connectivity index (χ0v) is 16.2. The van der Waals surface area contributed by atoms with E-state index in [4.69, 9.17) is 9.15 Å². The van der Waals surface area contributed by atoms with Crippen molar-refractivity contribution < 1.29 is 13.9 Å². The lowest BCUT2D eigenvalue weighted by molar-refractivity contribution is 0.0598. The SMILES string of the molecule is CCCn1c(=O)c2ccccc2n2c(SCc3occc3C(=O)OC)nnc12. The van der Waals surface area contributed by atoms with Crippen LogP contribution in [0.3, 0.4) is 0 Å². The van der Waals surface area contributed by atoms with Crippen molar-refractivity contribution in [1.29, 1.82) is 0 Å². The fourth-order valence-electron chi connectivity index (χ4n) is 3.13. The van der Waals surface area contributed by atoms with Crippen LogP contribution >= 0.6 is 11.8 Å². The number of fused-ring (bicyclic) bond motifs is 3. The second kappa shape index (κ2) is 7.51. The van der Waals surface area contributed by atoms with E-state index >= 15 is 0 Å². The molecule has 0 amide bonds. The molecule has 0 saturated carbocycles. The summed E-state index contributed by atoms with van der Waals surface area (Å²) in [4.78, 5) is 24.7. The summed E-state index contributed by atoms with van der Waals surface area (Å²) in [5.41, 5.74) is 1.06. The molecule has 0 bridgehead atoms. The molecule has 4 rings (SSSR count). The van der Waals surface area contributed by atoms with Crippen molar-refractivity contribution >= 4 is 34.4 Å². The second-order valence-corrected chi connectivity index (χ2v) is 7.07. The number of methoxy groups -OCH3 is 1. The maximum absolute atomic E-state index is 12.8. The predicted octanol–water partition coefficient (Wildman–Crippen LogP) is 3.13. The largest absolute Gasteiger partial charge is 0.468 e. The molecule has 1 aromatic carbocycles. The summed E-state index contributed by atoms with van der Waals surface area (Å²) in [6.45, 7) is 2.57. The number of ether oxygens (including phenoxy) is 1. The Labute approximate surface area is 164 Å². The molecule has 8 nitrogen and oxygen atoms in total. The number of furan rings is 1. The first kappa shape index (κ1) is 18.3. The Morgan fingerprint density at radius 1 is 1.25 bits per heavy atom. The lowest BCUT2D eigenvalue weighted by atomic mass is 10.2. The molecule has 0 radical (unpaired) electrons. The Kier molecular flexibility index (Phi) is 4.91. The number of carbonyl (C=O) groups is 1. The van der Waals surface area contributed by atoms with Crippen molar-refractivity contribution in [2.45, 2.75) is 30.8 Å². The smallest absolute Gasteiger partial charge is 0.341 e. The predicted molar refractivity (Wildman–Crippen MR) is 105 cm³/mol. The van der Waals surface area contributed by atoms with Crippen molar-refractivity contribution in [2.75, 3.05) is 7.11 Å². The van der Waals surface area contributed by atoms with Crippen LogP contribution in [0, 0.1) is 0 Å². The number of para-hydroxylation sites is 1. The minimum absolute atomic E-state index is 0.0760. The molecule has 0 fully saturated rings. The van der Waals surface area contributed by atoms with Gasteiger partial charge >= 0.3 is 5.97 Å². The minimum atomic E-state index is -0.447. The Morgan fingerprint density at radius 2 is 2.07 bits per heavy atom. The molecule has 4 aromatic rings. The number of nitrogens with zero attached hydrogens (tertiary/aromatic N) is 4. The van der Waals surface area contributed by atoms with E-state index in [0.717, 1.165) is 11.9 Å². The summed E-state index contributed by atoms with van der Waals surface area (Å²) in [6.07, 6.45) is 2.26. The summed E-state index contributed by atoms with van der Waals surface area (Å²) in [5, 5.41) is 9.76. The van der Waals surface area contributed by atoms with Crippen LogP contribution in [0.4, 0.5) is 0 Å². The average Bonchev–Trinajstić information content (AvgIpc) is 3.36. The van der Waals surface area contributed by atoms with E-state index in [1.54, 1.807) is 16.7 Å². The number of thioether (sulfide) groups is 1. The Morgan fingerprint density at radius 3 is 2.86 bits per heavy atom. The third-order valence-corrected chi connectivity index (χ3v) is 5.34. The van der Waals surface area contributed by atoms with E-state index in [-0.39, 0.29) is 5.56 Å². The summed E-state index contributed by atoms with van der Waals surface area (Å²) in [5.74, 6) is 0.928. The van der Waals surface area contributed by atoms with E-state index in [1.165, 1.54) is 25.1 Å². The Bertz CT molecular complexity index is 1220. The maximum Gasteiger partial charge on any atom is 0.341 e. The molecule has 0 saturated heterocycles. The molecule has 0 N–H and O–H groups in total. The molecule has 3 aromatic heterocycles. The van der Waals surface area contributed by atoms with Gasteiger partial charge in [-0.1, -0.05) is 30.8 Å². The van der Waals surface area contributed by atoms with E-state index in [1.807, 2.05) is 29.5 Å². The number of aryl methyl sites for hydroxylation is 1. The van der Waals surface area contributed by atoms with Gasteiger partial charge in [-0.3, -0.25) is 13.8 Å². The van der Waals surface area contributed by atoms with Crippen LogP contribution in [0.15, 0.2) is 51.0 Å². The maximum atomic E-state index is 12.8. The number of rotatable bonds is 6. The molecule has 0 aliphatic heterocycles. The topological polar surface area (TPSA) is 91.6 Å². The first-order valence-electron chi connectivity index (χ1n) is 8.79. The number of aromatic nitrogens is 4. The molecule has 0 atom stereocenters. The van der Waals surface area contributed by atoms with Gasteiger partial charge < -0.3 is 9.15 Å². The van der Waals surface area contributed by atoms with Gasteiger partial charge in [0.1, 0.15) is 11.3 Å². The first-order valence-corrected chi connectivity index (χ1v) is 9.78. The molecular weight excluding hydrogens is 380 g/mol. The Hall–Kier alpha value is -3.07. The third kappa shape index (κ3) is 2.97. The van der Waals surface area contributed by atoms with Gasteiger partial charge in [-0.15, -0.1) is 10.2 Å². The van der Waals surface area contributed by atoms with Gasteiger partial charge in [0.2, 0.25) is 5.78 Å². The van der Waals surface area contributed by atoms with Crippen LogP contribution in [0.1, 0.15) is 29.5 Å². The lowest BCUT2D eigenvalue weighted by Gasteiger charge is -2.10. The van der Waals surface area contributed by atoms with Crippen molar-refractivity contribution in [1.82, 2.24) is 19.2 Å². The van der Waals surface area contributed by atoms with Crippen LogP contribution in [0.2, 0.25) is 0 Å². The standard InChI is InChI=1S/C19H18N4O4S/c1-3-9-22-16(24)12-6-4-5-7-14(12)23-18(22)20-21-19(23)28-11-15-13(8-10-27-15)17(25)26-2/h4-8,10H,3,9,11H2,1-2H3. The average molecular weight is 398 g/mol. The van der Waals surface area contributed by atoms with Gasteiger partial charge in [0.05, 0.1) is 30.0 Å². The van der Waals surface area contributed by atoms with Gasteiger partial charge in [0.25, 0.3) is 5.56 Å². The molecule has 144 valence electrons. The van der Waals surface area contributed by atoms with Crippen LogP contribution in [-0.4, -0.2) is 32.2 Å². The van der Waals surface area contributed by atoms with E-state index in [2.05, 4.69) is 10.2 Å². The number of carbonyl (C=O) groups excluding carboxylic acids is 1. The number of hydrogen-bond acceptors (Lipinski definition) is 7. The summed E-state index contributed by atoms with van der Waals surface area (Å²) in [6, 6.07) is 8.98. The number of benzene rings is 1. The van der Waals surface area contributed by atoms with Crippen LogP contribution in [0.5, 0.6) is 0 Å². The zero-order chi connectivity index (χ0) is 19.7. The van der Waals surface area contributed by atoms with Gasteiger partial charge in [0, 0.05) is 6.54 Å². The minimum Gasteiger partial charge on any atom is -0.468 e. The monoisotopic (exact) mass is 398 g/mol. The quantitative estimate of drug-likeness (QED) is 0.364. The Balaban J connectivity index is 1.80. The lowest BCUT2D eigenvalue weighted by Crippen LogP contribution is -2.23. The normalized spacial score (nSPS) is 11.4. The van der Waals surface area contributed by atoms with Crippen molar-refractivity contribution in [3.8, 4) is 0 Å². The fraction of sp³-hybridized carbons (Fsp3) is 0.263. The molecule has 28 heavy (non-hydrogen) atoms. The van der Waals surface area contributed by atoms with Crippen molar-refractivity contribution in [2.24, 2.45) is 0 Å². The van der Waals surface area contributed by atoms with E-state index in [0.29, 0.717) is 39.9 Å². The molecule has 0 aliphatic rings.